The summed E-state index contributed by atoms with van der Waals surface area (Å²) in [6.45, 7) is 0.429. The molecule has 0 atom stereocenters. The highest BCUT2D eigenvalue weighted by Crippen LogP contribution is 2.21. The average molecular weight is 277 g/mol. The Hall–Kier alpha value is -1.89. The minimum Gasteiger partial charge on any atom is -0.355 e. The maximum absolute atomic E-state index is 11.1. The molecule has 0 aromatic heterocycles. The molecule has 0 unspecified atom stereocenters. The number of benzene rings is 2. The van der Waals surface area contributed by atoms with Gasteiger partial charge in [-0.25, -0.2) is 13.6 Å². The fourth-order valence-corrected chi connectivity index (χ4v) is 2.22. The van der Waals surface area contributed by atoms with E-state index in [2.05, 4.69) is 5.32 Å². The summed E-state index contributed by atoms with van der Waals surface area (Å²) >= 11 is 0. The standard InChI is InChI=1S/C13H15N3O2S/c14-9-10-3-1-2-4-13(10)16-11-5-7-12(8-6-11)19(15,17)18/h1-8,16H,9,14H2,(H2,15,17,18). The molecule has 0 saturated carbocycles. The lowest BCUT2D eigenvalue weighted by Gasteiger charge is -2.11. The predicted molar refractivity (Wildman–Crippen MR) is 75.4 cm³/mol. The predicted octanol–water partition coefficient (Wildman–Crippen LogP) is 1.54. The molecule has 0 heterocycles. The minimum atomic E-state index is -3.65. The Morgan fingerprint density at radius 2 is 1.63 bits per heavy atom. The van der Waals surface area contributed by atoms with Crippen LogP contribution >= 0.6 is 0 Å². The summed E-state index contributed by atoms with van der Waals surface area (Å²) < 4.78 is 22.3. The van der Waals surface area contributed by atoms with Crippen molar-refractivity contribution in [1.82, 2.24) is 0 Å². The average Bonchev–Trinajstić information content (AvgIpc) is 2.39. The van der Waals surface area contributed by atoms with Crippen molar-refractivity contribution in [2.45, 2.75) is 11.4 Å². The summed E-state index contributed by atoms with van der Waals surface area (Å²) in [5, 5.41) is 8.23. The molecule has 0 fully saturated rings. The van der Waals surface area contributed by atoms with Crippen LogP contribution in [0.2, 0.25) is 0 Å². The Bertz CT molecular complexity index is 667. The number of para-hydroxylation sites is 1. The van der Waals surface area contributed by atoms with Crippen molar-refractivity contribution in [1.29, 1.82) is 0 Å². The summed E-state index contributed by atoms with van der Waals surface area (Å²) in [4.78, 5) is 0.0881. The van der Waals surface area contributed by atoms with Gasteiger partial charge in [-0.15, -0.1) is 0 Å². The van der Waals surface area contributed by atoms with Gasteiger partial charge in [-0.2, -0.15) is 0 Å². The first-order chi connectivity index (χ1) is 9.00. The molecule has 6 heteroatoms. The van der Waals surface area contributed by atoms with Crippen LogP contribution in [0.25, 0.3) is 0 Å². The molecule has 0 aliphatic carbocycles. The topological polar surface area (TPSA) is 98.2 Å². The molecule has 100 valence electrons. The first-order valence-electron chi connectivity index (χ1n) is 5.68. The van der Waals surface area contributed by atoms with Gasteiger partial charge in [0.2, 0.25) is 10.0 Å². The molecule has 0 aliphatic heterocycles. The first-order valence-corrected chi connectivity index (χ1v) is 7.23. The molecule has 0 bridgehead atoms. The number of primary sulfonamides is 1. The van der Waals surface area contributed by atoms with Crippen molar-refractivity contribution in [3.05, 3.63) is 54.1 Å². The minimum absolute atomic E-state index is 0.0881. The van der Waals surface area contributed by atoms with E-state index in [-0.39, 0.29) is 4.90 Å². The Kier molecular flexibility index (Phi) is 3.84. The monoisotopic (exact) mass is 277 g/mol. The summed E-state index contributed by atoms with van der Waals surface area (Å²) in [6, 6.07) is 13.9. The number of sulfonamides is 1. The van der Waals surface area contributed by atoms with Crippen molar-refractivity contribution in [3.8, 4) is 0 Å². The SMILES string of the molecule is NCc1ccccc1Nc1ccc(S(N)(=O)=O)cc1. The zero-order valence-electron chi connectivity index (χ0n) is 10.2. The second-order valence-corrected chi connectivity index (χ2v) is 5.62. The second kappa shape index (κ2) is 5.40. The molecule has 5 nitrogen and oxygen atoms in total. The van der Waals surface area contributed by atoms with E-state index in [9.17, 15) is 8.42 Å². The van der Waals surface area contributed by atoms with Gasteiger partial charge in [0.15, 0.2) is 0 Å². The fraction of sp³-hybridized carbons (Fsp3) is 0.0769. The van der Waals surface area contributed by atoms with Crippen molar-refractivity contribution < 1.29 is 8.42 Å². The van der Waals surface area contributed by atoms with E-state index in [1.165, 1.54) is 12.1 Å². The molecule has 2 rings (SSSR count). The summed E-state index contributed by atoms with van der Waals surface area (Å²) in [6.07, 6.45) is 0. The van der Waals surface area contributed by atoms with Crippen molar-refractivity contribution in [2.75, 3.05) is 5.32 Å². The lowest BCUT2D eigenvalue weighted by molar-refractivity contribution is 0.598. The molecule has 2 aromatic carbocycles. The van der Waals surface area contributed by atoms with E-state index in [1.807, 2.05) is 24.3 Å². The van der Waals surface area contributed by atoms with Crippen LogP contribution in [0, 0.1) is 0 Å². The van der Waals surface area contributed by atoms with Crippen LogP contribution in [-0.2, 0) is 16.6 Å². The highest BCUT2D eigenvalue weighted by Gasteiger charge is 2.07. The molecule has 19 heavy (non-hydrogen) atoms. The third kappa shape index (κ3) is 3.31. The number of hydrogen-bond acceptors (Lipinski definition) is 4. The molecule has 0 aliphatic rings. The van der Waals surface area contributed by atoms with Crippen molar-refractivity contribution in [2.24, 2.45) is 10.9 Å². The van der Waals surface area contributed by atoms with Crippen LogP contribution in [0.3, 0.4) is 0 Å². The lowest BCUT2D eigenvalue weighted by Crippen LogP contribution is -2.11. The van der Waals surface area contributed by atoms with Gasteiger partial charge in [0.1, 0.15) is 0 Å². The van der Waals surface area contributed by atoms with Gasteiger partial charge < -0.3 is 11.1 Å². The molecule has 0 saturated heterocycles. The highest BCUT2D eigenvalue weighted by molar-refractivity contribution is 7.89. The highest BCUT2D eigenvalue weighted by atomic mass is 32.2. The largest absolute Gasteiger partial charge is 0.355 e. The summed E-state index contributed by atoms with van der Waals surface area (Å²) in [7, 11) is -3.65. The van der Waals surface area contributed by atoms with Crippen LogP contribution in [0.1, 0.15) is 5.56 Å². The summed E-state index contributed by atoms with van der Waals surface area (Å²) in [5.74, 6) is 0. The van der Waals surface area contributed by atoms with E-state index in [4.69, 9.17) is 10.9 Å². The Morgan fingerprint density at radius 3 is 2.21 bits per heavy atom. The van der Waals surface area contributed by atoms with Crippen LogP contribution in [0.4, 0.5) is 11.4 Å². The smallest absolute Gasteiger partial charge is 0.238 e. The zero-order valence-corrected chi connectivity index (χ0v) is 11.0. The van der Waals surface area contributed by atoms with Gasteiger partial charge in [-0.05, 0) is 35.9 Å². The second-order valence-electron chi connectivity index (χ2n) is 4.06. The third-order valence-corrected chi connectivity index (χ3v) is 3.63. The van der Waals surface area contributed by atoms with Crippen LogP contribution < -0.4 is 16.2 Å². The summed E-state index contributed by atoms with van der Waals surface area (Å²) in [5.41, 5.74) is 8.30. The number of hydrogen-bond donors (Lipinski definition) is 3. The van der Waals surface area contributed by atoms with Crippen LogP contribution in [0.15, 0.2) is 53.4 Å². The van der Waals surface area contributed by atoms with Gasteiger partial charge >= 0.3 is 0 Å². The zero-order chi connectivity index (χ0) is 13.9. The van der Waals surface area contributed by atoms with Crippen LogP contribution in [-0.4, -0.2) is 8.42 Å². The van der Waals surface area contributed by atoms with Gasteiger partial charge in [-0.1, -0.05) is 18.2 Å². The molecular formula is C13H15N3O2S. The van der Waals surface area contributed by atoms with Gasteiger partial charge in [0, 0.05) is 17.9 Å². The van der Waals surface area contributed by atoms with Crippen LogP contribution in [0.5, 0.6) is 0 Å². The molecule has 0 radical (unpaired) electrons. The lowest BCUT2D eigenvalue weighted by atomic mass is 10.1. The first kappa shape index (κ1) is 13.5. The Morgan fingerprint density at radius 1 is 1.00 bits per heavy atom. The van der Waals surface area contributed by atoms with E-state index < -0.39 is 10.0 Å². The van der Waals surface area contributed by atoms with E-state index >= 15 is 0 Å². The normalized spacial score (nSPS) is 11.3. The number of nitrogens with one attached hydrogen (secondary N) is 1. The number of rotatable bonds is 4. The molecule has 0 spiro atoms. The Labute approximate surface area is 112 Å². The van der Waals surface area contributed by atoms with Gasteiger partial charge in [0.05, 0.1) is 4.90 Å². The number of anilines is 2. The van der Waals surface area contributed by atoms with Gasteiger partial charge in [0.25, 0.3) is 0 Å². The maximum Gasteiger partial charge on any atom is 0.238 e. The Balaban J connectivity index is 2.25. The maximum atomic E-state index is 11.1. The molecular weight excluding hydrogens is 262 g/mol. The van der Waals surface area contributed by atoms with Crippen molar-refractivity contribution >= 4 is 21.4 Å². The third-order valence-electron chi connectivity index (χ3n) is 2.70. The fourth-order valence-electron chi connectivity index (χ4n) is 1.70. The van der Waals surface area contributed by atoms with E-state index in [0.717, 1.165) is 16.9 Å². The molecule has 0 amide bonds. The van der Waals surface area contributed by atoms with E-state index in [1.54, 1.807) is 12.1 Å². The molecule has 5 N–H and O–H groups in total. The quantitative estimate of drug-likeness (QED) is 0.789. The van der Waals surface area contributed by atoms with Crippen molar-refractivity contribution in [3.63, 3.8) is 0 Å². The van der Waals surface area contributed by atoms with Gasteiger partial charge in [-0.3, -0.25) is 0 Å². The number of nitrogens with two attached hydrogens (primary N) is 2. The van der Waals surface area contributed by atoms with E-state index in [0.29, 0.717) is 6.54 Å². The molecule has 2 aromatic rings.